The Bertz CT molecular complexity index is 511. The number of nitrogens with one attached hydrogen (secondary N) is 2. The molecule has 5 nitrogen and oxygen atoms in total. The van der Waals surface area contributed by atoms with Crippen molar-refractivity contribution in [2.45, 2.75) is 6.42 Å². The third-order valence-electron chi connectivity index (χ3n) is 3.02. The van der Waals surface area contributed by atoms with Gasteiger partial charge in [-0.15, -0.1) is 0 Å². The number of hydrogen-bond acceptors (Lipinski definition) is 3. The van der Waals surface area contributed by atoms with Crippen LogP contribution in [-0.4, -0.2) is 37.4 Å². The number of benzene rings is 1. The lowest BCUT2D eigenvalue weighted by atomic mass is 10.1. The second-order valence-electron chi connectivity index (χ2n) is 4.32. The summed E-state index contributed by atoms with van der Waals surface area (Å²) in [7, 11) is 1.72. The Hall–Kier alpha value is -2.30. The molecule has 0 saturated heterocycles. The average Bonchev–Trinajstić information content (AvgIpc) is 2.46. The first-order valence-corrected chi connectivity index (χ1v) is 6.21. The highest BCUT2D eigenvalue weighted by molar-refractivity contribution is 5.80. The van der Waals surface area contributed by atoms with Gasteiger partial charge < -0.3 is 15.4 Å². The zero-order valence-electron chi connectivity index (χ0n) is 10.8. The highest BCUT2D eigenvalue weighted by atomic mass is 16.2. The summed E-state index contributed by atoms with van der Waals surface area (Å²) in [4.78, 5) is 23.6. The van der Waals surface area contributed by atoms with Crippen molar-refractivity contribution in [3.05, 3.63) is 35.5 Å². The normalized spacial score (nSPS) is 12.8. The van der Waals surface area contributed by atoms with E-state index in [0.717, 1.165) is 23.2 Å². The first kappa shape index (κ1) is 13.1. The van der Waals surface area contributed by atoms with Crippen molar-refractivity contribution in [2.75, 3.05) is 25.5 Å². The third kappa shape index (κ3) is 3.13. The van der Waals surface area contributed by atoms with Gasteiger partial charge in [0.15, 0.2) is 0 Å². The van der Waals surface area contributed by atoms with Crippen molar-refractivity contribution in [2.24, 2.45) is 0 Å². The molecule has 2 N–H and O–H groups in total. The number of fused-ring (bicyclic) bond motifs is 1. The minimum atomic E-state index is -0.200. The Morgan fingerprint density at radius 1 is 1.47 bits per heavy atom. The van der Waals surface area contributed by atoms with Gasteiger partial charge in [-0.25, -0.2) is 4.79 Å². The van der Waals surface area contributed by atoms with Crippen LogP contribution in [0.2, 0.25) is 0 Å². The SMILES string of the molecule is CN(C(=O)NCCC=O)C1=Cc2ccccc2NC1. The number of aldehydes is 1. The van der Waals surface area contributed by atoms with E-state index in [2.05, 4.69) is 10.6 Å². The summed E-state index contributed by atoms with van der Waals surface area (Å²) in [5.41, 5.74) is 3.03. The summed E-state index contributed by atoms with van der Waals surface area (Å²) < 4.78 is 0. The van der Waals surface area contributed by atoms with Crippen LogP contribution in [0.1, 0.15) is 12.0 Å². The molecule has 1 aromatic carbocycles. The number of hydrogen-bond donors (Lipinski definition) is 2. The van der Waals surface area contributed by atoms with Gasteiger partial charge in [0.05, 0.1) is 6.54 Å². The van der Waals surface area contributed by atoms with Crippen LogP contribution >= 0.6 is 0 Å². The monoisotopic (exact) mass is 259 g/mol. The molecule has 0 fully saturated rings. The van der Waals surface area contributed by atoms with Crippen molar-refractivity contribution in [3.8, 4) is 0 Å². The number of nitrogens with zero attached hydrogens (tertiary/aromatic N) is 1. The minimum Gasteiger partial charge on any atom is -0.379 e. The summed E-state index contributed by atoms with van der Waals surface area (Å²) in [6.45, 7) is 0.971. The smallest absolute Gasteiger partial charge is 0.321 e. The first-order chi connectivity index (χ1) is 9.22. The largest absolute Gasteiger partial charge is 0.379 e. The molecular formula is C14H17N3O2. The molecule has 1 aliphatic rings. The van der Waals surface area contributed by atoms with Crippen molar-refractivity contribution >= 4 is 24.1 Å². The van der Waals surface area contributed by atoms with Gasteiger partial charge in [-0.05, 0) is 17.7 Å². The highest BCUT2D eigenvalue weighted by Crippen LogP contribution is 2.23. The summed E-state index contributed by atoms with van der Waals surface area (Å²) in [5.74, 6) is 0. The maximum absolute atomic E-state index is 11.9. The number of carbonyl (C=O) groups is 2. The molecule has 2 amide bonds. The fourth-order valence-electron chi connectivity index (χ4n) is 1.90. The molecule has 0 spiro atoms. The number of carbonyl (C=O) groups excluding carboxylic acids is 2. The number of rotatable bonds is 4. The molecular weight excluding hydrogens is 242 g/mol. The van der Waals surface area contributed by atoms with Crippen LogP contribution in [0.3, 0.4) is 0 Å². The molecule has 0 aromatic heterocycles. The van der Waals surface area contributed by atoms with Crippen molar-refractivity contribution in [1.29, 1.82) is 0 Å². The first-order valence-electron chi connectivity index (χ1n) is 6.21. The summed E-state index contributed by atoms with van der Waals surface area (Å²) >= 11 is 0. The topological polar surface area (TPSA) is 61.4 Å². The number of anilines is 1. The number of likely N-dealkylation sites (N-methyl/N-ethyl adjacent to an activating group) is 1. The van der Waals surface area contributed by atoms with Gasteiger partial charge in [-0.2, -0.15) is 0 Å². The van der Waals surface area contributed by atoms with Crippen LogP contribution in [0.4, 0.5) is 10.5 Å². The lowest BCUT2D eigenvalue weighted by molar-refractivity contribution is -0.107. The zero-order valence-corrected chi connectivity index (χ0v) is 10.8. The second kappa shape index (κ2) is 6.04. The van der Waals surface area contributed by atoms with E-state index in [1.54, 1.807) is 11.9 Å². The lowest BCUT2D eigenvalue weighted by Gasteiger charge is -2.25. The second-order valence-corrected chi connectivity index (χ2v) is 4.32. The quantitative estimate of drug-likeness (QED) is 0.639. The minimum absolute atomic E-state index is 0.200. The Morgan fingerprint density at radius 2 is 2.26 bits per heavy atom. The van der Waals surface area contributed by atoms with Gasteiger partial charge in [0.2, 0.25) is 0 Å². The molecule has 1 heterocycles. The molecule has 0 saturated carbocycles. The van der Waals surface area contributed by atoms with E-state index in [4.69, 9.17) is 0 Å². The van der Waals surface area contributed by atoms with Crippen molar-refractivity contribution < 1.29 is 9.59 Å². The van der Waals surface area contributed by atoms with Crippen molar-refractivity contribution in [1.82, 2.24) is 10.2 Å². The molecule has 0 aliphatic carbocycles. The summed E-state index contributed by atoms with van der Waals surface area (Å²) in [5, 5.41) is 5.96. The van der Waals surface area contributed by atoms with Crippen molar-refractivity contribution in [3.63, 3.8) is 0 Å². The Morgan fingerprint density at radius 3 is 3.05 bits per heavy atom. The number of amides is 2. The van der Waals surface area contributed by atoms with Gasteiger partial charge >= 0.3 is 6.03 Å². The maximum atomic E-state index is 11.9. The Kier molecular flexibility index (Phi) is 4.18. The van der Waals surface area contributed by atoms with E-state index in [0.29, 0.717) is 19.5 Å². The predicted molar refractivity (Wildman–Crippen MR) is 74.8 cm³/mol. The third-order valence-corrected chi connectivity index (χ3v) is 3.02. The van der Waals surface area contributed by atoms with E-state index in [9.17, 15) is 9.59 Å². The van der Waals surface area contributed by atoms with Gasteiger partial charge in [0.1, 0.15) is 6.29 Å². The molecule has 0 unspecified atom stereocenters. The standard InChI is InChI=1S/C14H17N3O2/c1-17(14(19)15-7-4-8-18)12-9-11-5-2-3-6-13(11)16-10-12/h2-3,5-6,8-9,16H,4,7,10H2,1H3,(H,15,19). The van der Waals surface area contributed by atoms with E-state index < -0.39 is 0 Å². The lowest BCUT2D eigenvalue weighted by Crippen LogP contribution is -2.39. The highest BCUT2D eigenvalue weighted by Gasteiger charge is 2.16. The fraction of sp³-hybridized carbons (Fsp3) is 0.286. The molecule has 5 heteroatoms. The predicted octanol–water partition coefficient (Wildman–Crippen LogP) is 1.68. The van der Waals surface area contributed by atoms with Gasteiger partial charge in [-0.3, -0.25) is 4.90 Å². The van der Waals surface area contributed by atoms with Crippen LogP contribution in [0.15, 0.2) is 30.0 Å². The van der Waals surface area contributed by atoms with E-state index >= 15 is 0 Å². The van der Waals surface area contributed by atoms with E-state index in [1.165, 1.54) is 0 Å². The molecule has 0 radical (unpaired) electrons. The van der Waals surface area contributed by atoms with Crippen LogP contribution in [0.5, 0.6) is 0 Å². The van der Waals surface area contributed by atoms with Gasteiger partial charge in [-0.1, -0.05) is 18.2 Å². The van der Waals surface area contributed by atoms with Gasteiger partial charge in [0, 0.05) is 31.4 Å². The summed E-state index contributed by atoms with van der Waals surface area (Å²) in [6.07, 6.45) is 3.11. The average molecular weight is 259 g/mol. The Labute approximate surface area is 112 Å². The summed E-state index contributed by atoms with van der Waals surface area (Å²) in [6, 6.07) is 7.74. The Balaban J connectivity index is 2.04. The van der Waals surface area contributed by atoms with Gasteiger partial charge in [0.25, 0.3) is 0 Å². The van der Waals surface area contributed by atoms with Crippen LogP contribution in [-0.2, 0) is 4.79 Å². The van der Waals surface area contributed by atoms with Crippen LogP contribution in [0.25, 0.3) is 6.08 Å². The maximum Gasteiger partial charge on any atom is 0.321 e. The van der Waals surface area contributed by atoms with Crippen LogP contribution < -0.4 is 10.6 Å². The molecule has 1 aliphatic heterocycles. The molecule has 100 valence electrons. The zero-order chi connectivity index (χ0) is 13.7. The molecule has 1 aromatic rings. The fourth-order valence-corrected chi connectivity index (χ4v) is 1.90. The number of urea groups is 1. The van der Waals surface area contributed by atoms with Crippen LogP contribution in [0, 0.1) is 0 Å². The molecule has 2 rings (SSSR count). The number of para-hydroxylation sites is 1. The molecule has 19 heavy (non-hydrogen) atoms. The molecule has 0 atom stereocenters. The van der Waals surface area contributed by atoms with E-state index in [1.807, 2.05) is 30.3 Å². The van der Waals surface area contributed by atoms with E-state index in [-0.39, 0.29) is 6.03 Å². The molecule has 0 bridgehead atoms.